The van der Waals surface area contributed by atoms with Crippen molar-refractivity contribution >= 4 is 37.4 Å². The number of halogens is 2. The van der Waals surface area contributed by atoms with Gasteiger partial charge in [0.05, 0.1) is 9.37 Å². The maximum absolute atomic E-state index is 13.4. The molecule has 0 aliphatic heterocycles. The minimum Gasteiger partial charge on any atom is -0.295 e. The monoisotopic (exact) mass is 371 g/mol. The number of Topliss-reactive ketones (excluding diaryl/α,β-unsaturated/α-hetero) is 1. The van der Waals surface area contributed by atoms with Crippen LogP contribution in [-0.2, 0) is 10.0 Å². The third-order valence-electron chi connectivity index (χ3n) is 2.72. The number of anilines is 1. The maximum Gasteiger partial charge on any atom is 0.261 e. The smallest absolute Gasteiger partial charge is 0.261 e. The summed E-state index contributed by atoms with van der Waals surface area (Å²) in [5.41, 5.74) is 0.628. The average Bonchev–Trinajstić information content (AvgIpc) is 2.41. The van der Waals surface area contributed by atoms with Gasteiger partial charge in [0.1, 0.15) is 5.82 Å². The minimum atomic E-state index is -3.92. The van der Waals surface area contributed by atoms with Crippen LogP contribution < -0.4 is 4.72 Å². The van der Waals surface area contributed by atoms with Crippen LogP contribution in [0.2, 0.25) is 0 Å². The first-order valence-corrected chi connectivity index (χ1v) is 8.16. The maximum atomic E-state index is 13.4. The Kier molecular flexibility index (Phi) is 4.43. The lowest BCUT2D eigenvalue weighted by molar-refractivity contribution is 0.101. The van der Waals surface area contributed by atoms with Gasteiger partial charge in [-0.2, -0.15) is 0 Å². The van der Waals surface area contributed by atoms with E-state index in [4.69, 9.17) is 0 Å². The van der Waals surface area contributed by atoms with Crippen LogP contribution in [0, 0.1) is 5.82 Å². The Bertz CT molecular complexity index is 806. The molecule has 21 heavy (non-hydrogen) atoms. The number of hydrogen-bond acceptors (Lipinski definition) is 3. The van der Waals surface area contributed by atoms with E-state index in [1.165, 1.54) is 31.2 Å². The minimum absolute atomic E-state index is 0.175. The summed E-state index contributed by atoms with van der Waals surface area (Å²) in [6.07, 6.45) is 0. The SMILES string of the molecule is CC(=O)c1cccc(NS(=O)(=O)c2ccc(Br)c(F)c2)c1. The molecule has 0 atom stereocenters. The summed E-state index contributed by atoms with van der Waals surface area (Å²) in [6.45, 7) is 1.39. The van der Waals surface area contributed by atoms with E-state index in [0.717, 1.165) is 6.07 Å². The van der Waals surface area contributed by atoms with Gasteiger partial charge >= 0.3 is 0 Å². The molecule has 0 bridgehead atoms. The fraction of sp³-hybridized carbons (Fsp3) is 0.0714. The lowest BCUT2D eigenvalue weighted by atomic mass is 10.1. The number of sulfonamides is 1. The van der Waals surface area contributed by atoms with Crippen molar-refractivity contribution in [3.05, 3.63) is 58.3 Å². The topological polar surface area (TPSA) is 63.2 Å². The number of rotatable bonds is 4. The number of hydrogen-bond donors (Lipinski definition) is 1. The van der Waals surface area contributed by atoms with Gasteiger partial charge in [-0.05, 0) is 53.2 Å². The van der Waals surface area contributed by atoms with Gasteiger partial charge in [-0.25, -0.2) is 12.8 Å². The Labute approximate surface area is 130 Å². The first-order chi connectivity index (χ1) is 9.79. The van der Waals surface area contributed by atoms with Gasteiger partial charge in [-0.3, -0.25) is 9.52 Å². The first kappa shape index (κ1) is 15.7. The molecule has 0 unspecified atom stereocenters. The molecule has 0 heterocycles. The van der Waals surface area contributed by atoms with E-state index in [2.05, 4.69) is 20.7 Å². The Morgan fingerprint density at radius 1 is 1.19 bits per heavy atom. The quantitative estimate of drug-likeness (QED) is 0.835. The van der Waals surface area contributed by atoms with E-state index < -0.39 is 15.8 Å². The van der Waals surface area contributed by atoms with Crippen LogP contribution in [0.3, 0.4) is 0 Å². The van der Waals surface area contributed by atoms with E-state index in [1.807, 2.05) is 0 Å². The second-order valence-corrected chi connectivity index (χ2v) is 6.86. The highest BCUT2D eigenvalue weighted by atomic mass is 79.9. The molecule has 0 radical (unpaired) electrons. The molecule has 2 aromatic carbocycles. The molecule has 110 valence electrons. The number of carbonyl (C=O) groups is 1. The second-order valence-electron chi connectivity index (χ2n) is 4.32. The normalized spacial score (nSPS) is 11.2. The largest absolute Gasteiger partial charge is 0.295 e. The van der Waals surface area contributed by atoms with Crippen molar-refractivity contribution in [2.24, 2.45) is 0 Å². The molecule has 0 aliphatic carbocycles. The van der Waals surface area contributed by atoms with Crippen molar-refractivity contribution in [3.63, 3.8) is 0 Å². The highest BCUT2D eigenvalue weighted by molar-refractivity contribution is 9.10. The molecule has 0 aromatic heterocycles. The Morgan fingerprint density at radius 3 is 2.52 bits per heavy atom. The van der Waals surface area contributed by atoms with E-state index in [0.29, 0.717) is 5.56 Å². The lowest BCUT2D eigenvalue weighted by Gasteiger charge is -2.09. The highest BCUT2D eigenvalue weighted by Gasteiger charge is 2.16. The van der Waals surface area contributed by atoms with Gasteiger partial charge in [0.2, 0.25) is 0 Å². The van der Waals surface area contributed by atoms with Gasteiger partial charge in [0.15, 0.2) is 5.78 Å². The Morgan fingerprint density at radius 2 is 1.90 bits per heavy atom. The van der Waals surface area contributed by atoms with E-state index in [9.17, 15) is 17.6 Å². The van der Waals surface area contributed by atoms with Gasteiger partial charge in [0.25, 0.3) is 10.0 Å². The summed E-state index contributed by atoms with van der Waals surface area (Å²) < 4.78 is 40.3. The molecule has 2 aromatic rings. The number of carbonyl (C=O) groups excluding carboxylic acids is 1. The summed E-state index contributed by atoms with van der Waals surface area (Å²) in [5.74, 6) is -0.846. The summed E-state index contributed by atoms with van der Waals surface area (Å²) in [4.78, 5) is 11.1. The predicted octanol–water partition coefficient (Wildman–Crippen LogP) is 3.59. The third-order valence-corrected chi connectivity index (χ3v) is 4.74. The number of nitrogens with one attached hydrogen (secondary N) is 1. The van der Waals surface area contributed by atoms with E-state index in [-0.39, 0.29) is 20.8 Å². The van der Waals surface area contributed by atoms with Crippen LogP contribution in [-0.4, -0.2) is 14.2 Å². The van der Waals surface area contributed by atoms with Gasteiger partial charge < -0.3 is 0 Å². The van der Waals surface area contributed by atoms with Gasteiger partial charge in [-0.1, -0.05) is 12.1 Å². The van der Waals surface area contributed by atoms with Crippen molar-refractivity contribution < 1.29 is 17.6 Å². The molecule has 2 rings (SSSR count). The zero-order valence-electron chi connectivity index (χ0n) is 10.9. The second kappa shape index (κ2) is 5.95. The fourth-order valence-corrected chi connectivity index (χ4v) is 2.97. The Hall–Kier alpha value is -1.73. The molecule has 0 saturated heterocycles. The highest BCUT2D eigenvalue weighted by Crippen LogP contribution is 2.22. The molecule has 0 saturated carbocycles. The number of ketones is 1. The Balaban J connectivity index is 2.35. The standard InChI is InChI=1S/C14H11BrFNO3S/c1-9(18)10-3-2-4-11(7-10)17-21(19,20)12-5-6-13(15)14(16)8-12/h2-8,17H,1H3. The predicted molar refractivity (Wildman–Crippen MR) is 81.4 cm³/mol. The van der Waals surface area contributed by atoms with Crippen molar-refractivity contribution in [2.75, 3.05) is 4.72 Å². The van der Waals surface area contributed by atoms with Crippen molar-refractivity contribution in [1.29, 1.82) is 0 Å². The molecule has 0 fully saturated rings. The van der Waals surface area contributed by atoms with E-state index >= 15 is 0 Å². The molecule has 7 heteroatoms. The first-order valence-electron chi connectivity index (χ1n) is 5.88. The van der Waals surface area contributed by atoms with Gasteiger partial charge in [0, 0.05) is 11.3 Å². The number of benzene rings is 2. The third kappa shape index (κ3) is 3.68. The lowest BCUT2D eigenvalue weighted by Crippen LogP contribution is -2.13. The van der Waals surface area contributed by atoms with Crippen molar-refractivity contribution in [3.8, 4) is 0 Å². The molecule has 0 amide bonds. The van der Waals surface area contributed by atoms with Crippen LogP contribution in [0.4, 0.5) is 10.1 Å². The van der Waals surface area contributed by atoms with Crippen LogP contribution >= 0.6 is 15.9 Å². The molecule has 0 aliphatic rings. The fourth-order valence-electron chi connectivity index (χ4n) is 1.66. The van der Waals surface area contributed by atoms with Crippen LogP contribution in [0.1, 0.15) is 17.3 Å². The average molecular weight is 372 g/mol. The molecule has 4 nitrogen and oxygen atoms in total. The zero-order chi connectivity index (χ0) is 15.6. The summed E-state index contributed by atoms with van der Waals surface area (Å²) in [6, 6.07) is 9.60. The summed E-state index contributed by atoms with van der Waals surface area (Å²) in [5, 5.41) is 0. The van der Waals surface area contributed by atoms with Crippen molar-refractivity contribution in [1.82, 2.24) is 0 Å². The zero-order valence-corrected chi connectivity index (χ0v) is 13.3. The summed E-state index contributed by atoms with van der Waals surface area (Å²) >= 11 is 2.96. The molecular formula is C14H11BrFNO3S. The van der Waals surface area contributed by atoms with E-state index in [1.54, 1.807) is 12.1 Å². The van der Waals surface area contributed by atoms with Crippen LogP contribution in [0.25, 0.3) is 0 Å². The van der Waals surface area contributed by atoms with Crippen molar-refractivity contribution in [2.45, 2.75) is 11.8 Å². The molecule has 1 N–H and O–H groups in total. The summed E-state index contributed by atoms with van der Waals surface area (Å²) in [7, 11) is -3.92. The molecule has 0 spiro atoms. The molecular weight excluding hydrogens is 361 g/mol. The van der Waals surface area contributed by atoms with Crippen LogP contribution in [0.15, 0.2) is 51.8 Å². The van der Waals surface area contributed by atoms with Crippen LogP contribution in [0.5, 0.6) is 0 Å². The van der Waals surface area contributed by atoms with Gasteiger partial charge in [-0.15, -0.1) is 0 Å².